The lowest BCUT2D eigenvalue weighted by Gasteiger charge is -2.12. The zero-order valence-electron chi connectivity index (χ0n) is 11.5. The van der Waals surface area contributed by atoms with Crippen molar-refractivity contribution in [2.24, 2.45) is 10.9 Å². The molecule has 5 nitrogen and oxygen atoms in total. The van der Waals surface area contributed by atoms with Gasteiger partial charge in [-0.25, -0.2) is 0 Å². The molecule has 0 saturated carbocycles. The molecule has 1 atom stereocenters. The Balaban J connectivity index is 2.00. The molecule has 6 heteroatoms. The minimum atomic E-state index is 0.0220. The highest BCUT2D eigenvalue weighted by Gasteiger charge is 2.08. The van der Waals surface area contributed by atoms with Gasteiger partial charge in [0.05, 0.1) is 0 Å². The summed E-state index contributed by atoms with van der Waals surface area (Å²) in [7, 11) is 0. The Bertz CT molecular complexity index is 609. The van der Waals surface area contributed by atoms with Crippen molar-refractivity contribution in [3.8, 4) is 0 Å². The molecular formula is C14H18N4OS. The average molecular weight is 290 g/mol. The first-order valence-electron chi connectivity index (χ1n) is 6.32. The predicted octanol–water partition coefficient (Wildman–Crippen LogP) is 2.40. The number of aromatic nitrogens is 1. The number of amidine groups is 1. The third kappa shape index (κ3) is 3.55. The Labute approximate surface area is 122 Å². The highest BCUT2D eigenvalue weighted by molar-refractivity contribution is 7.12. The molecule has 0 saturated heterocycles. The largest absolute Gasteiger partial charge is 0.409 e. The fraction of sp³-hybridized carbons (Fsp3) is 0.286. The first-order valence-corrected chi connectivity index (χ1v) is 7.14. The van der Waals surface area contributed by atoms with E-state index in [1.807, 2.05) is 12.1 Å². The lowest BCUT2D eigenvalue weighted by Crippen LogP contribution is -2.19. The molecule has 0 aromatic carbocycles. The van der Waals surface area contributed by atoms with E-state index in [4.69, 9.17) is 10.9 Å². The molecule has 0 aliphatic rings. The van der Waals surface area contributed by atoms with Crippen LogP contribution in [0.4, 0.5) is 0 Å². The highest BCUT2D eigenvalue weighted by Crippen LogP contribution is 2.22. The van der Waals surface area contributed by atoms with Crippen LogP contribution in [0.3, 0.4) is 0 Å². The van der Waals surface area contributed by atoms with Crippen LogP contribution in [-0.2, 0) is 6.54 Å². The Morgan fingerprint density at radius 3 is 2.95 bits per heavy atom. The standard InChI is InChI=1S/C14H18N4OS/c1-9-3-4-13(20-9)10(2)17-8-11-5-6-16-12(7-11)14(15)18-19/h3-7,10,17,19H,8H2,1-2H3,(H2,15,18). The molecule has 0 spiro atoms. The number of rotatable bonds is 5. The zero-order valence-corrected chi connectivity index (χ0v) is 12.3. The van der Waals surface area contributed by atoms with Gasteiger partial charge in [-0.2, -0.15) is 0 Å². The highest BCUT2D eigenvalue weighted by atomic mass is 32.1. The van der Waals surface area contributed by atoms with Crippen LogP contribution in [0.25, 0.3) is 0 Å². The molecule has 0 radical (unpaired) electrons. The molecule has 2 rings (SSSR count). The van der Waals surface area contributed by atoms with E-state index in [9.17, 15) is 0 Å². The van der Waals surface area contributed by atoms with Crippen LogP contribution in [0, 0.1) is 6.92 Å². The molecule has 2 heterocycles. The van der Waals surface area contributed by atoms with Crippen LogP contribution in [0.5, 0.6) is 0 Å². The van der Waals surface area contributed by atoms with E-state index in [-0.39, 0.29) is 11.9 Å². The molecular weight excluding hydrogens is 272 g/mol. The minimum absolute atomic E-state index is 0.0220. The van der Waals surface area contributed by atoms with Crippen molar-refractivity contribution in [3.05, 3.63) is 51.5 Å². The Morgan fingerprint density at radius 2 is 2.30 bits per heavy atom. The third-order valence-electron chi connectivity index (χ3n) is 2.99. The number of oxime groups is 1. The number of hydrogen-bond donors (Lipinski definition) is 3. The van der Waals surface area contributed by atoms with Crippen LogP contribution >= 0.6 is 11.3 Å². The van der Waals surface area contributed by atoms with Crippen LogP contribution in [-0.4, -0.2) is 16.0 Å². The summed E-state index contributed by atoms with van der Waals surface area (Å²) in [5.41, 5.74) is 7.05. The molecule has 0 aliphatic heterocycles. The van der Waals surface area contributed by atoms with Gasteiger partial charge in [0.15, 0.2) is 5.84 Å². The predicted molar refractivity (Wildman–Crippen MR) is 81.1 cm³/mol. The lowest BCUT2D eigenvalue weighted by atomic mass is 10.2. The minimum Gasteiger partial charge on any atom is -0.409 e. The lowest BCUT2D eigenvalue weighted by molar-refractivity contribution is 0.318. The number of pyridine rings is 1. The summed E-state index contributed by atoms with van der Waals surface area (Å²) in [6, 6.07) is 8.28. The van der Waals surface area contributed by atoms with Gasteiger partial charge in [0, 0.05) is 28.5 Å². The summed E-state index contributed by atoms with van der Waals surface area (Å²) in [6.45, 7) is 4.94. The maximum Gasteiger partial charge on any atom is 0.188 e. The second-order valence-corrected chi connectivity index (χ2v) is 5.91. The van der Waals surface area contributed by atoms with E-state index >= 15 is 0 Å². The summed E-state index contributed by atoms with van der Waals surface area (Å²) in [5, 5.41) is 15.1. The SMILES string of the molecule is Cc1ccc(C(C)NCc2ccnc(C(N)=NO)c2)s1. The van der Waals surface area contributed by atoms with E-state index in [1.165, 1.54) is 9.75 Å². The Hall–Kier alpha value is -1.92. The molecule has 1 unspecified atom stereocenters. The van der Waals surface area contributed by atoms with Gasteiger partial charge in [0.1, 0.15) is 5.69 Å². The number of nitrogens with two attached hydrogens (primary N) is 1. The van der Waals surface area contributed by atoms with E-state index in [2.05, 4.69) is 41.4 Å². The van der Waals surface area contributed by atoms with Crippen LogP contribution in [0.2, 0.25) is 0 Å². The van der Waals surface area contributed by atoms with Crippen molar-refractivity contribution in [2.75, 3.05) is 0 Å². The van der Waals surface area contributed by atoms with Gasteiger partial charge >= 0.3 is 0 Å². The number of thiophene rings is 1. The van der Waals surface area contributed by atoms with Crippen molar-refractivity contribution < 1.29 is 5.21 Å². The fourth-order valence-electron chi connectivity index (χ4n) is 1.83. The quantitative estimate of drug-likeness (QED) is 0.342. The first kappa shape index (κ1) is 14.5. The van der Waals surface area contributed by atoms with E-state index < -0.39 is 0 Å². The number of nitrogens with one attached hydrogen (secondary N) is 1. The van der Waals surface area contributed by atoms with Crippen LogP contribution < -0.4 is 11.1 Å². The van der Waals surface area contributed by atoms with Crippen molar-refractivity contribution in [3.63, 3.8) is 0 Å². The molecule has 0 bridgehead atoms. The first-order chi connectivity index (χ1) is 9.60. The van der Waals surface area contributed by atoms with Crippen molar-refractivity contribution in [2.45, 2.75) is 26.4 Å². The smallest absolute Gasteiger partial charge is 0.188 e. The second kappa shape index (κ2) is 6.49. The Morgan fingerprint density at radius 1 is 1.50 bits per heavy atom. The second-order valence-electron chi connectivity index (χ2n) is 4.59. The van der Waals surface area contributed by atoms with Gasteiger partial charge in [0.2, 0.25) is 0 Å². The van der Waals surface area contributed by atoms with Gasteiger partial charge in [-0.1, -0.05) is 5.16 Å². The Kier molecular flexibility index (Phi) is 4.70. The molecule has 20 heavy (non-hydrogen) atoms. The zero-order chi connectivity index (χ0) is 14.5. The maximum atomic E-state index is 8.66. The van der Waals surface area contributed by atoms with Crippen LogP contribution in [0.1, 0.15) is 34.0 Å². The summed E-state index contributed by atoms with van der Waals surface area (Å²) < 4.78 is 0. The number of hydrogen-bond acceptors (Lipinski definition) is 5. The van der Waals surface area contributed by atoms with E-state index in [1.54, 1.807) is 17.5 Å². The molecule has 2 aromatic heterocycles. The monoisotopic (exact) mass is 290 g/mol. The van der Waals surface area contributed by atoms with Crippen molar-refractivity contribution in [1.29, 1.82) is 0 Å². The topological polar surface area (TPSA) is 83.5 Å². The fourth-order valence-corrected chi connectivity index (χ4v) is 2.74. The average Bonchev–Trinajstić information content (AvgIpc) is 2.91. The van der Waals surface area contributed by atoms with Gasteiger partial charge < -0.3 is 16.3 Å². The van der Waals surface area contributed by atoms with Gasteiger partial charge in [-0.3, -0.25) is 4.98 Å². The van der Waals surface area contributed by atoms with Crippen molar-refractivity contribution >= 4 is 17.2 Å². The number of aryl methyl sites for hydroxylation is 1. The van der Waals surface area contributed by atoms with Gasteiger partial charge in [-0.05, 0) is 43.7 Å². The van der Waals surface area contributed by atoms with Crippen molar-refractivity contribution in [1.82, 2.24) is 10.3 Å². The van der Waals surface area contributed by atoms with Gasteiger partial charge in [-0.15, -0.1) is 11.3 Å². The molecule has 0 fully saturated rings. The van der Waals surface area contributed by atoms with E-state index in [0.29, 0.717) is 12.2 Å². The summed E-state index contributed by atoms with van der Waals surface area (Å²) in [6.07, 6.45) is 1.66. The normalized spacial score (nSPS) is 13.4. The third-order valence-corrected chi connectivity index (χ3v) is 4.18. The van der Waals surface area contributed by atoms with Crippen LogP contribution in [0.15, 0.2) is 35.6 Å². The summed E-state index contributed by atoms with van der Waals surface area (Å²) in [4.78, 5) is 6.68. The molecule has 0 amide bonds. The molecule has 0 aliphatic carbocycles. The summed E-state index contributed by atoms with van der Waals surface area (Å²) in [5.74, 6) is 0.0220. The maximum absolute atomic E-state index is 8.66. The van der Waals surface area contributed by atoms with Gasteiger partial charge in [0.25, 0.3) is 0 Å². The molecule has 4 N–H and O–H groups in total. The summed E-state index contributed by atoms with van der Waals surface area (Å²) >= 11 is 1.80. The van der Waals surface area contributed by atoms with E-state index in [0.717, 1.165) is 5.56 Å². The number of nitrogens with zero attached hydrogens (tertiary/aromatic N) is 2. The molecule has 106 valence electrons. The molecule has 2 aromatic rings.